The summed E-state index contributed by atoms with van der Waals surface area (Å²) in [5.41, 5.74) is 0. The highest BCUT2D eigenvalue weighted by atomic mass is 32.2. The van der Waals surface area contributed by atoms with Crippen LogP contribution >= 0.6 is 0 Å². The highest BCUT2D eigenvalue weighted by molar-refractivity contribution is 7.88. The molecular formula is C14H27N3O2S. The summed E-state index contributed by atoms with van der Waals surface area (Å²) >= 11 is 0. The normalized spacial score (nSPS) is 18.3. The zero-order valence-electron chi connectivity index (χ0n) is 12.6. The smallest absolute Gasteiger partial charge is 0.211 e. The average Bonchev–Trinajstić information content (AvgIpc) is 2.39. The summed E-state index contributed by atoms with van der Waals surface area (Å²) in [4.78, 5) is 2.29. The molecule has 1 aliphatic rings. The van der Waals surface area contributed by atoms with Crippen LogP contribution in [-0.2, 0) is 10.0 Å². The van der Waals surface area contributed by atoms with Gasteiger partial charge in [-0.1, -0.05) is 12.8 Å². The van der Waals surface area contributed by atoms with Crippen LogP contribution in [0.15, 0.2) is 0 Å². The van der Waals surface area contributed by atoms with E-state index in [1.165, 1.54) is 10.6 Å². The van der Waals surface area contributed by atoms with Crippen LogP contribution < -0.4 is 5.32 Å². The first-order valence-electron chi connectivity index (χ1n) is 7.31. The first-order chi connectivity index (χ1) is 9.47. The lowest BCUT2D eigenvalue weighted by Gasteiger charge is -2.31. The predicted molar refractivity (Wildman–Crippen MR) is 83.0 cm³/mol. The van der Waals surface area contributed by atoms with Crippen LogP contribution in [0.4, 0.5) is 0 Å². The highest BCUT2D eigenvalue weighted by Crippen LogP contribution is 2.09. The zero-order valence-corrected chi connectivity index (χ0v) is 13.5. The Morgan fingerprint density at radius 1 is 1.40 bits per heavy atom. The Bertz CT molecular complexity index is 409. The van der Waals surface area contributed by atoms with Gasteiger partial charge in [0.1, 0.15) is 0 Å². The van der Waals surface area contributed by atoms with Gasteiger partial charge in [0, 0.05) is 32.2 Å². The number of hydrogen-bond acceptors (Lipinski definition) is 4. The van der Waals surface area contributed by atoms with E-state index in [9.17, 15) is 8.42 Å². The molecule has 0 aromatic carbocycles. The minimum Gasteiger partial charge on any atom is -0.314 e. The number of likely N-dealkylation sites (tertiary alicyclic amines) is 1. The van der Waals surface area contributed by atoms with Crippen LogP contribution in [0, 0.1) is 12.3 Å². The first-order valence-corrected chi connectivity index (χ1v) is 9.16. The fourth-order valence-corrected chi connectivity index (χ4v) is 3.47. The Balaban J connectivity index is 2.15. The van der Waals surface area contributed by atoms with E-state index in [0.717, 1.165) is 45.4 Å². The Morgan fingerprint density at radius 2 is 2.05 bits per heavy atom. The molecule has 1 N–H and O–H groups in total. The van der Waals surface area contributed by atoms with Gasteiger partial charge in [0.2, 0.25) is 10.0 Å². The van der Waals surface area contributed by atoms with Crippen molar-refractivity contribution in [1.29, 1.82) is 0 Å². The van der Waals surface area contributed by atoms with Crippen molar-refractivity contribution in [3.63, 3.8) is 0 Å². The fraction of sp³-hybridized carbons (Fsp3) is 0.857. The minimum atomic E-state index is -3.05. The van der Waals surface area contributed by atoms with Crippen LogP contribution in [-0.4, -0.2) is 69.2 Å². The van der Waals surface area contributed by atoms with Crippen molar-refractivity contribution in [2.24, 2.45) is 0 Å². The largest absolute Gasteiger partial charge is 0.314 e. The van der Waals surface area contributed by atoms with Crippen LogP contribution in [0.3, 0.4) is 0 Å². The Hall–Kier alpha value is -0.610. The van der Waals surface area contributed by atoms with E-state index in [4.69, 9.17) is 6.42 Å². The number of sulfonamides is 1. The molecule has 0 atom stereocenters. The zero-order chi connectivity index (χ0) is 15.0. The van der Waals surface area contributed by atoms with Crippen molar-refractivity contribution in [1.82, 2.24) is 14.5 Å². The maximum atomic E-state index is 11.4. The van der Waals surface area contributed by atoms with E-state index in [0.29, 0.717) is 19.1 Å². The van der Waals surface area contributed by atoms with Crippen LogP contribution in [0.5, 0.6) is 0 Å². The molecule has 1 heterocycles. The average molecular weight is 301 g/mol. The third-order valence-electron chi connectivity index (χ3n) is 3.74. The number of nitrogens with one attached hydrogen (secondary N) is 1. The van der Waals surface area contributed by atoms with Crippen molar-refractivity contribution in [3.05, 3.63) is 0 Å². The first kappa shape index (κ1) is 17.4. The number of nitrogens with zero attached hydrogens (tertiary/aromatic N) is 2. The van der Waals surface area contributed by atoms with Gasteiger partial charge in [0.25, 0.3) is 0 Å². The Kier molecular flexibility index (Phi) is 7.52. The van der Waals surface area contributed by atoms with Crippen LogP contribution in [0.25, 0.3) is 0 Å². The molecule has 0 spiro atoms. The summed E-state index contributed by atoms with van der Waals surface area (Å²) in [5, 5.41) is 3.52. The van der Waals surface area contributed by atoms with Crippen molar-refractivity contribution < 1.29 is 8.42 Å². The van der Waals surface area contributed by atoms with Crippen LogP contribution in [0.1, 0.15) is 26.2 Å². The van der Waals surface area contributed by atoms with E-state index in [2.05, 4.69) is 16.1 Å². The van der Waals surface area contributed by atoms with E-state index in [1.54, 1.807) is 0 Å². The number of rotatable bonds is 8. The second-order valence-corrected chi connectivity index (χ2v) is 7.30. The standard InChI is InChI=1S/C14H27N3O2S/c1-4-10-16-12-7-14(8-13-16)15-9-6-11-17(5-2)20(3,18)19/h1,14-15H,5-13H2,2-3H3. The third-order valence-corrected chi connectivity index (χ3v) is 5.12. The number of terminal acetylenes is 1. The second kappa shape index (κ2) is 8.63. The van der Waals surface area contributed by atoms with Gasteiger partial charge < -0.3 is 5.32 Å². The molecule has 1 fully saturated rings. The number of piperidine rings is 1. The van der Waals surface area contributed by atoms with Gasteiger partial charge in [-0.05, 0) is 25.8 Å². The molecule has 1 saturated heterocycles. The lowest BCUT2D eigenvalue weighted by Crippen LogP contribution is -2.43. The van der Waals surface area contributed by atoms with E-state index < -0.39 is 10.0 Å². The molecule has 0 saturated carbocycles. The maximum absolute atomic E-state index is 11.4. The van der Waals surface area contributed by atoms with Gasteiger partial charge in [-0.15, -0.1) is 6.42 Å². The fourth-order valence-electron chi connectivity index (χ4n) is 2.54. The van der Waals surface area contributed by atoms with Gasteiger partial charge in [-0.3, -0.25) is 4.90 Å². The van der Waals surface area contributed by atoms with Gasteiger partial charge in [0.15, 0.2) is 0 Å². The summed E-state index contributed by atoms with van der Waals surface area (Å²) in [5.74, 6) is 2.68. The molecule has 5 nitrogen and oxygen atoms in total. The summed E-state index contributed by atoms with van der Waals surface area (Å²) < 4.78 is 24.4. The molecule has 0 aromatic rings. The van der Waals surface area contributed by atoms with Gasteiger partial charge in [-0.2, -0.15) is 0 Å². The molecule has 0 radical (unpaired) electrons. The van der Waals surface area contributed by atoms with Gasteiger partial charge >= 0.3 is 0 Å². The quantitative estimate of drug-likeness (QED) is 0.519. The van der Waals surface area contributed by atoms with Crippen molar-refractivity contribution in [2.45, 2.75) is 32.2 Å². The topological polar surface area (TPSA) is 52.6 Å². The van der Waals surface area contributed by atoms with E-state index in [-0.39, 0.29) is 0 Å². The lowest BCUT2D eigenvalue weighted by atomic mass is 10.1. The summed E-state index contributed by atoms with van der Waals surface area (Å²) in [6.45, 7) is 6.72. The molecule has 0 unspecified atom stereocenters. The maximum Gasteiger partial charge on any atom is 0.211 e. The van der Waals surface area contributed by atoms with E-state index in [1.807, 2.05) is 6.92 Å². The predicted octanol–water partition coefficient (Wildman–Crippen LogP) is 0.345. The molecule has 6 heteroatoms. The second-order valence-electron chi connectivity index (χ2n) is 5.32. The molecule has 116 valence electrons. The summed E-state index contributed by atoms with van der Waals surface area (Å²) in [6.07, 6.45) is 9.66. The van der Waals surface area contributed by atoms with Crippen molar-refractivity contribution in [2.75, 3.05) is 45.5 Å². The van der Waals surface area contributed by atoms with E-state index >= 15 is 0 Å². The third kappa shape index (κ3) is 6.23. The molecule has 0 bridgehead atoms. The van der Waals surface area contributed by atoms with Gasteiger partial charge in [-0.25, -0.2) is 12.7 Å². The monoisotopic (exact) mass is 301 g/mol. The molecule has 0 aliphatic carbocycles. The summed E-state index contributed by atoms with van der Waals surface area (Å²) in [6, 6.07) is 0.539. The molecule has 0 amide bonds. The summed E-state index contributed by atoms with van der Waals surface area (Å²) in [7, 11) is -3.05. The molecule has 0 aromatic heterocycles. The molecule has 1 aliphatic heterocycles. The Morgan fingerprint density at radius 3 is 2.55 bits per heavy atom. The Labute approximate surface area is 123 Å². The highest BCUT2D eigenvalue weighted by Gasteiger charge is 2.18. The lowest BCUT2D eigenvalue weighted by molar-refractivity contribution is 0.217. The van der Waals surface area contributed by atoms with Crippen molar-refractivity contribution >= 4 is 10.0 Å². The molecular weight excluding hydrogens is 274 g/mol. The minimum absolute atomic E-state index is 0.539. The molecule has 20 heavy (non-hydrogen) atoms. The SMILES string of the molecule is C#CCN1CCC(NCCCN(CC)S(C)(=O)=O)CC1. The molecule has 1 rings (SSSR count). The van der Waals surface area contributed by atoms with Gasteiger partial charge in [0.05, 0.1) is 12.8 Å². The van der Waals surface area contributed by atoms with Crippen LogP contribution in [0.2, 0.25) is 0 Å². The number of hydrogen-bond donors (Lipinski definition) is 1. The van der Waals surface area contributed by atoms with Crippen molar-refractivity contribution in [3.8, 4) is 12.3 Å².